The zero-order valence-corrected chi connectivity index (χ0v) is 13.4. The number of amides is 1. The van der Waals surface area contributed by atoms with E-state index in [1.807, 2.05) is 22.7 Å². The molecule has 0 radical (unpaired) electrons. The monoisotopic (exact) mass is 315 g/mol. The molecule has 1 aliphatic rings. The Bertz CT molecular complexity index is 730. The Hall–Kier alpha value is -2.41. The van der Waals surface area contributed by atoms with Crippen molar-refractivity contribution in [2.75, 3.05) is 26.2 Å². The Morgan fingerprint density at radius 1 is 1.39 bits per heavy atom. The molecule has 1 aliphatic heterocycles. The van der Waals surface area contributed by atoms with Crippen LogP contribution in [-0.2, 0) is 7.05 Å². The van der Waals surface area contributed by atoms with Crippen LogP contribution in [0.25, 0.3) is 0 Å². The first kappa shape index (κ1) is 15.5. The third kappa shape index (κ3) is 3.05. The van der Waals surface area contributed by atoms with Crippen LogP contribution in [0.5, 0.6) is 0 Å². The van der Waals surface area contributed by atoms with Crippen LogP contribution in [0.2, 0.25) is 0 Å². The zero-order valence-electron chi connectivity index (χ0n) is 13.4. The molecule has 1 atom stereocenters. The van der Waals surface area contributed by atoms with Crippen LogP contribution in [0.4, 0.5) is 0 Å². The van der Waals surface area contributed by atoms with E-state index in [9.17, 15) is 9.59 Å². The number of carbonyl (C=O) groups excluding carboxylic acids is 1. The number of pyridine rings is 1. The molecule has 0 spiro atoms. The number of hydrogen-bond acceptors (Lipinski definition) is 4. The standard InChI is InChI=1S/C16H21N5O2/c1-3-20-8-9-21(11-13(20)15-17-6-7-19(15)2)16(23)12-4-5-14(22)18-10-12/h4-7,10,13H,3,8-9,11H2,1-2H3,(H,18,22). The number of aryl methyl sites for hydroxylation is 1. The number of carbonyl (C=O) groups is 1. The molecule has 0 bridgehead atoms. The molecule has 3 heterocycles. The first-order valence-electron chi connectivity index (χ1n) is 7.79. The lowest BCUT2D eigenvalue weighted by atomic mass is 10.1. The zero-order chi connectivity index (χ0) is 16.4. The van der Waals surface area contributed by atoms with Gasteiger partial charge in [0.1, 0.15) is 5.82 Å². The fraction of sp³-hybridized carbons (Fsp3) is 0.438. The molecule has 7 heteroatoms. The van der Waals surface area contributed by atoms with Crippen molar-refractivity contribution in [2.45, 2.75) is 13.0 Å². The Morgan fingerprint density at radius 3 is 2.83 bits per heavy atom. The third-order valence-electron chi connectivity index (χ3n) is 4.37. The number of piperazine rings is 1. The van der Waals surface area contributed by atoms with Crippen molar-refractivity contribution in [1.29, 1.82) is 0 Å². The van der Waals surface area contributed by atoms with E-state index in [2.05, 4.69) is 21.8 Å². The number of hydrogen-bond donors (Lipinski definition) is 1. The highest BCUT2D eigenvalue weighted by atomic mass is 16.2. The predicted molar refractivity (Wildman–Crippen MR) is 86.2 cm³/mol. The van der Waals surface area contributed by atoms with E-state index in [0.717, 1.165) is 18.9 Å². The second-order valence-electron chi connectivity index (χ2n) is 5.73. The molecular formula is C16H21N5O2. The summed E-state index contributed by atoms with van der Waals surface area (Å²) in [6.07, 6.45) is 5.18. The van der Waals surface area contributed by atoms with Crippen LogP contribution >= 0.6 is 0 Å². The number of aromatic nitrogens is 3. The van der Waals surface area contributed by atoms with E-state index in [0.29, 0.717) is 18.7 Å². The van der Waals surface area contributed by atoms with E-state index < -0.39 is 0 Å². The summed E-state index contributed by atoms with van der Waals surface area (Å²) >= 11 is 0. The van der Waals surface area contributed by atoms with Crippen molar-refractivity contribution in [1.82, 2.24) is 24.3 Å². The van der Waals surface area contributed by atoms with Crippen LogP contribution in [0.1, 0.15) is 29.1 Å². The Morgan fingerprint density at radius 2 is 2.22 bits per heavy atom. The number of H-pyrrole nitrogens is 1. The summed E-state index contributed by atoms with van der Waals surface area (Å²) in [6, 6.07) is 3.04. The smallest absolute Gasteiger partial charge is 0.255 e. The van der Waals surface area contributed by atoms with Gasteiger partial charge in [-0.15, -0.1) is 0 Å². The second-order valence-corrected chi connectivity index (χ2v) is 5.73. The van der Waals surface area contributed by atoms with Gasteiger partial charge in [0.2, 0.25) is 5.56 Å². The topological polar surface area (TPSA) is 74.2 Å². The summed E-state index contributed by atoms with van der Waals surface area (Å²) in [6.45, 7) is 5.11. The van der Waals surface area contributed by atoms with Gasteiger partial charge in [0, 0.05) is 51.3 Å². The molecule has 0 aliphatic carbocycles. The minimum absolute atomic E-state index is 0.0591. The van der Waals surface area contributed by atoms with Crippen LogP contribution < -0.4 is 5.56 Å². The molecule has 23 heavy (non-hydrogen) atoms. The van der Waals surface area contributed by atoms with Gasteiger partial charge < -0.3 is 14.5 Å². The Labute approximate surface area is 134 Å². The van der Waals surface area contributed by atoms with Crippen molar-refractivity contribution in [3.8, 4) is 0 Å². The predicted octanol–water partition coefficient (Wildman–Crippen LogP) is 0.627. The van der Waals surface area contributed by atoms with E-state index in [1.165, 1.54) is 12.3 Å². The fourth-order valence-electron chi connectivity index (χ4n) is 3.05. The average molecular weight is 315 g/mol. The number of nitrogens with zero attached hydrogens (tertiary/aromatic N) is 4. The second kappa shape index (κ2) is 6.37. The summed E-state index contributed by atoms with van der Waals surface area (Å²) in [7, 11) is 1.97. The van der Waals surface area contributed by atoms with Crippen molar-refractivity contribution in [3.63, 3.8) is 0 Å². The van der Waals surface area contributed by atoms with Crippen LogP contribution in [0.3, 0.4) is 0 Å². The number of nitrogens with one attached hydrogen (secondary N) is 1. The van der Waals surface area contributed by atoms with Gasteiger partial charge in [-0.1, -0.05) is 6.92 Å². The van der Waals surface area contributed by atoms with Gasteiger partial charge >= 0.3 is 0 Å². The maximum absolute atomic E-state index is 12.7. The van der Waals surface area contributed by atoms with Gasteiger partial charge in [-0.25, -0.2) is 4.98 Å². The van der Waals surface area contributed by atoms with Gasteiger partial charge in [-0.3, -0.25) is 14.5 Å². The first-order valence-corrected chi connectivity index (χ1v) is 7.79. The minimum atomic E-state index is -0.205. The molecule has 7 nitrogen and oxygen atoms in total. The molecule has 1 unspecified atom stereocenters. The van der Waals surface area contributed by atoms with Crippen LogP contribution in [0, 0.1) is 0 Å². The van der Waals surface area contributed by atoms with Crippen molar-refractivity contribution >= 4 is 5.91 Å². The van der Waals surface area contributed by atoms with E-state index in [-0.39, 0.29) is 17.5 Å². The lowest BCUT2D eigenvalue weighted by Crippen LogP contribution is -2.51. The first-order chi connectivity index (χ1) is 11.1. The van der Waals surface area contributed by atoms with Gasteiger partial charge in [-0.05, 0) is 12.6 Å². The summed E-state index contributed by atoms with van der Waals surface area (Å²) in [5, 5.41) is 0. The fourth-order valence-corrected chi connectivity index (χ4v) is 3.05. The van der Waals surface area contributed by atoms with E-state index in [1.54, 1.807) is 12.3 Å². The average Bonchev–Trinajstić information content (AvgIpc) is 3.00. The number of imidazole rings is 1. The summed E-state index contributed by atoms with van der Waals surface area (Å²) in [4.78, 5) is 35.0. The molecule has 2 aromatic rings. The highest BCUT2D eigenvalue weighted by Gasteiger charge is 2.32. The highest BCUT2D eigenvalue weighted by Crippen LogP contribution is 2.24. The lowest BCUT2D eigenvalue weighted by Gasteiger charge is -2.40. The molecule has 1 N–H and O–H groups in total. The number of rotatable bonds is 3. The molecule has 0 aromatic carbocycles. The van der Waals surface area contributed by atoms with E-state index >= 15 is 0 Å². The minimum Gasteiger partial charge on any atom is -0.337 e. The molecule has 0 saturated carbocycles. The molecule has 1 fully saturated rings. The Balaban J connectivity index is 1.82. The third-order valence-corrected chi connectivity index (χ3v) is 4.37. The van der Waals surface area contributed by atoms with Gasteiger partial charge in [0.25, 0.3) is 5.91 Å². The summed E-state index contributed by atoms with van der Waals surface area (Å²) in [5.74, 6) is 0.905. The van der Waals surface area contributed by atoms with Crippen LogP contribution in [0.15, 0.2) is 35.5 Å². The number of likely N-dealkylation sites (N-methyl/N-ethyl adjacent to an activating group) is 1. The van der Waals surface area contributed by atoms with Crippen molar-refractivity contribution in [2.24, 2.45) is 7.05 Å². The van der Waals surface area contributed by atoms with Crippen molar-refractivity contribution in [3.05, 3.63) is 52.5 Å². The molecule has 122 valence electrons. The van der Waals surface area contributed by atoms with E-state index in [4.69, 9.17) is 0 Å². The SMILES string of the molecule is CCN1CCN(C(=O)c2ccc(=O)[nH]c2)CC1c1nccn1C. The molecule has 3 rings (SSSR count). The van der Waals surface area contributed by atoms with Gasteiger partial charge in [0.15, 0.2) is 0 Å². The summed E-state index contributed by atoms with van der Waals surface area (Å²) in [5.41, 5.74) is 0.302. The molecule has 1 saturated heterocycles. The Kier molecular flexibility index (Phi) is 4.29. The summed E-state index contributed by atoms with van der Waals surface area (Å²) < 4.78 is 2.00. The quantitative estimate of drug-likeness (QED) is 0.901. The van der Waals surface area contributed by atoms with Gasteiger partial charge in [-0.2, -0.15) is 0 Å². The van der Waals surface area contributed by atoms with Crippen LogP contribution in [-0.4, -0.2) is 56.4 Å². The normalized spacial score (nSPS) is 19.0. The highest BCUT2D eigenvalue weighted by molar-refractivity contribution is 5.94. The molecule has 2 aromatic heterocycles. The maximum atomic E-state index is 12.7. The molecule has 1 amide bonds. The number of aromatic amines is 1. The maximum Gasteiger partial charge on any atom is 0.255 e. The van der Waals surface area contributed by atoms with Crippen molar-refractivity contribution < 1.29 is 4.79 Å². The van der Waals surface area contributed by atoms with Gasteiger partial charge in [0.05, 0.1) is 11.6 Å². The lowest BCUT2D eigenvalue weighted by molar-refractivity contribution is 0.0472. The largest absolute Gasteiger partial charge is 0.337 e. The molecular weight excluding hydrogens is 294 g/mol.